The fourth-order valence-electron chi connectivity index (χ4n) is 1.54. The van der Waals surface area contributed by atoms with Gasteiger partial charge in [-0.1, -0.05) is 28.1 Å². The summed E-state index contributed by atoms with van der Waals surface area (Å²) in [5, 5.41) is 0. The molecule has 1 aromatic rings. The zero-order valence-corrected chi connectivity index (χ0v) is 8.71. The van der Waals surface area contributed by atoms with E-state index in [0.717, 1.165) is 11.0 Å². The molecule has 1 saturated heterocycles. The second-order valence-electron chi connectivity index (χ2n) is 3.22. The van der Waals surface area contributed by atoms with Crippen molar-refractivity contribution in [2.75, 3.05) is 6.54 Å². The molecule has 4 heteroatoms. The molecule has 4 N–H and O–H groups in total. The summed E-state index contributed by atoms with van der Waals surface area (Å²) in [5.74, 6) is 0. The highest BCUT2D eigenvalue weighted by molar-refractivity contribution is 9.10. The minimum absolute atomic E-state index is 0.147. The van der Waals surface area contributed by atoms with Crippen LogP contribution in [0.5, 0.6) is 0 Å². The maximum atomic E-state index is 5.92. The van der Waals surface area contributed by atoms with Crippen LogP contribution in [0.25, 0.3) is 0 Å². The highest BCUT2D eigenvalue weighted by atomic mass is 79.9. The van der Waals surface area contributed by atoms with Gasteiger partial charge in [-0.15, -0.1) is 0 Å². The predicted molar refractivity (Wildman–Crippen MR) is 56.0 cm³/mol. The molecule has 1 heterocycles. The maximum absolute atomic E-state index is 5.92. The summed E-state index contributed by atoms with van der Waals surface area (Å²) in [4.78, 5) is 0. The number of halogens is 1. The van der Waals surface area contributed by atoms with Crippen molar-refractivity contribution < 1.29 is 0 Å². The van der Waals surface area contributed by atoms with Crippen molar-refractivity contribution in [1.82, 2.24) is 10.9 Å². The topological polar surface area (TPSA) is 50.1 Å². The third-order valence-corrected chi connectivity index (χ3v) is 2.72. The molecular formula is C9H12BrN3. The van der Waals surface area contributed by atoms with Crippen LogP contribution in [0.1, 0.15) is 11.6 Å². The lowest BCUT2D eigenvalue weighted by Gasteiger charge is -2.14. The van der Waals surface area contributed by atoms with Gasteiger partial charge in [-0.2, -0.15) is 0 Å². The SMILES string of the molecule is NC1CNNC1c1cccc(Br)c1. The van der Waals surface area contributed by atoms with Crippen molar-refractivity contribution in [2.24, 2.45) is 5.73 Å². The van der Waals surface area contributed by atoms with Crippen LogP contribution in [0.2, 0.25) is 0 Å². The molecule has 1 aromatic carbocycles. The number of hydrogen-bond donors (Lipinski definition) is 3. The molecule has 0 aliphatic carbocycles. The lowest BCUT2D eigenvalue weighted by atomic mass is 10.0. The van der Waals surface area contributed by atoms with E-state index in [9.17, 15) is 0 Å². The standard InChI is InChI=1S/C9H12BrN3/c10-7-3-1-2-6(4-7)9-8(11)5-12-13-9/h1-4,8-9,12-13H,5,11H2. The maximum Gasteiger partial charge on any atom is 0.0626 e. The number of hydrogen-bond acceptors (Lipinski definition) is 3. The summed E-state index contributed by atoms with van der Waals surface area (Å²) < 4.78 is 1.09. The Balaban J connectivity index is 2.24. The number of rotatable bonds is 1. The Hall–Kier alpha value is -0.420. The summed E-state index contributed by atoms with van der Waals surface area (Å²) >= 11 is 3.44. The van der Waals surface area contributed by atoms with Gasteiger partial charge in [0.1, 0.15) is 0 Å². The molecule has 0 bridgehead atoms. The van der Waals surface area contributed by atoms with Crippen LogP contribution in [-0.2, 0) is 0 Å². The molecule has 0 radical (unpaired) electrons. The Morgan fingerprint density at radius 3 is 2.92 bits per heavy atom. The van der Waals surface area contributed by atoms with Crippen molar-refractivity contribution in [3.8, 4) is 0 Å². The first-order chi connectivity index (χ1) is 6.27. The van der Waals surface area contributed by atoms with Crippen molar-refractivity contribution in [2.45, 2.75) is 12.1 Å². The average Bonchev–Trinajstić information content (AvgIpc) is 2.51. The Labute approximate surface area is 85.8 Å². The Bertz CT molecular complexity index is 303. The van der Waals surface area contributed by atoms with E-state index >= 15 is 0 Å². The van der Waals surface area contributed by atoms with Gasteiger partial charge < -0.3 is 5.73 Å². The molecule has 70 valence electrons. The van der Waals surface area contributed by atoms with Gasteiger partial charge in [0.15, 0.2) is 0 Å². The average molecular weight is 242 g/mol. The van der Waals surface area contributed by atoms with Crippen LogP contribution in [0, 0.1) is 0 Å². The third-order valence-electron chi connectivity index (χ3n) is 2.23. The molecule has 0 saturated carbocycles. The quantitative estimate of drug-likeness (QED) is 0.686. The van der Waals surface area contributed by atoms with E-state index in [1.54, 1.807) is 0 Å². The second kappa shape index (κ2) is 3.75. The molecule has 1 fully saturated rings. The predicted octanol–water partition coefficient (Wildman–Crippen LogP) is 0.925. The van der Waals surface area contributed by atoms with Crippen molar-refractivity contribution >= 4 is 15.9 Å². The van der Waals surface area contributed by atoms with Gasteiger partial charge >= 0.3 is 0 Å². The Kier molecular flexibility index (Phi) is 2.64. The van der Waals surface area contributed by atoms with Gasteiger partial charge in [0.2, 0.25) is 0 Å². The van der Waals surface area contributed by atoms with Crippen molar-refractivity contribution in [3.63, 3.8) is 0 Å². The lowest BCUT2D eigenvalue weighted by molar-refractivity contribution is 0.551. The van der Waals surface area contributed by atoms with Crippen molar-refractivity contribution in [3.05, 3.63) is 34.3 Å². The summed E-state index contributed by atoms with van der Waals surface area (Å²) in [6.07, 6.45) is 0. The molecule has 1 aliphatic heterocycles. The van der Waals surface area contributed by atoms with Crippen LogP contribution >= 0.6 is 15.9 Å². The third kappa shape index (κ3) is 1.91. The van der Waals surface area contributed by atoms with E-state index in [-0.39, 0.29) is 12.1 Å². The first kappa shape index (κ1) is 9.15. The Morgan fingerprint density at radius 1 is 1.46 bits per heavy atom. The van der Waals surface area contributed by atoms with Gasteiger partial charge in [0.25, 0.3) is 0 Å². The molecule has 13 heavy (non-hydrogen) atoms. The Morgan fingerprint density at radius 2 is 2.31 bits per heavy atom. The van der Waals surface area contributed by atoms with Gasteiger partial charge in [-0.05, 0) is 17.7 Å². The first-order valence-corrected chi connectivity index (χ1v) is 5.06. The minimum Gasteiger partial charge on any atom is -0.325 e. The monoisotopic (exact) mass is 241 g/mol. The number of nitrogens with one attached hydrogen (secondary N) is 2. The van der Waals surface area contributed by atoms with Gasteiger partial charge in [-0.3, -0.25) is 5.43 Å². The highest BCUT2D eigenvalue weighted by Gasteiger charge is 2.24. The summed E-state index contributed by atoms with van der Waals surface area (Å²) in [5.41, 5.74) is 13.3. The van der Waals surface area contributed by atoms with Crippen LogP contribution in [0.3, 0.4) is 0 Å². The zero-order chi connectivity index (χ0) is 9.26. The van der Waals surface area contributed by atoms with Crippen LogP contribution in [-0.4, -0.2) is 12.6 Å². The molecule has 0 aromatic heterocycles. The fourth-order valence-corrected chi connectivity index (χ4v) is 1.96. The summed E-state index contributed by atoms with van der Waals surface area (Å²) in [6.45, 7) is 0.817. The number of hydrazine groups is 1. The van der Waals surface area contributed by atoms with Crippen LogP contribution in [0.4, 0.5) is 0 Å². The largest absolute Gasteiger partial charge is 0.325 e. The van der Waals surface area contributed by atoms with E-state index in [1.165, 1.54) is 5.56 Å². The smallest absolute Gasteiger partial charge is 0.0626 e. The zero-order valence-electron chi connectivity index (χ0n) is 7.13. The molecule has 0 spiro atoms. The van der Waals surface area contributed by atoms with Gasteiger partial charge in [-0.25, -0.2) is 5.43 Å². The molecule has 2 rings (SSSR count). The molecular weight excluding hydrogens is 230 g/mol. The van der Waals surface area contributed by atoms with Gasteiger partial charge in [0, 0.05) is 17.1 Å². The van der Waals surface area contributed by atoms with Crippen LogP contribution in [0.15, 0.2) is 28.7 Å². The van der Waals surface area contributed by atoms with E-state index < -0.39 is 0 Å². The second-order valence-corrected chi connectivity index (χ2v) is 4.14. The first-order valence-electron chi connectivity index (χ1n) is 4.27. The molecule has 1 aliphatic rings. The van der Waals surface area contributed by atoms with E-state index in [4.69, 9.17) is 5.73 Å². The fraction of sp³-hybridized carbons (Fsp3) is 0.333. The van der Waals surface area contributed by atoms with Crippen molar-refractivity contribution in [1.29, 1.82) is 0 Å². The normalized spacial score (nSPS) is 27.8. The summed E-state index contributed by atoms with van der Waals surface area (Å²) in [7, 11) is 0. The molecule has 2 atom stereocenters. The lowest BCUT2D eigenvalue weighted by Crippen LogP contribution is -2.29. The molecule has 2 unspecified atom stereocenters. The molecule has 0 amide bonds. The molecule has 3 nitrogen and oxygen atoms in total. The highest BCUT2D eigenvalue weighted by Crippen LogP contribution is 2.21. The van der Waals surface area contributed by atoms with E-state index in [2.05, 4.69) is 38.9 Å². The number of nitrogens with two attached hydrogens (primary N) is 1. The summed E-state index contributed by atoms with van der Waals surface area (Å²) in [6, 6.07) is 8.57. The van der Waals surface area contributed by atoms with E-state index in [0.29, 0.717) is 0 Å². The van der Waals surface area contributed by atoms with E-state index in [1.807, 2.05) is 12.1 Å². The van der Waals surface area contributed by atoms with Crippen LogP contribution < -0.4 is 16.6 Å². The minimum atomic E-state index is 0.147. The van der Waals surface area contributed by atoms with Gasteiger partial charge in [0.05, 0.1) is 6.04 Å². The number of benzene rings is 1.